The van der Waals surface area contributed by atoms with Crippen LogP contribution in [0.5, 0.6) is 0 Å². The monoisotopic (exact) mass is 336 g/mol. The third kappa shape index (κ3) is 5.66. The largest absolute Gasteiger partial charge is 0.471 e. The van der Waals surface area contributed by atoms with Crippen LogP contribution in [-0.2, 0) is 13.6 Å². The first-order valence-electron chi connectivity index (χ1n) is 5.38. The molecule has 1 aromatic carbocycles. The molecule has 0 aliphatic carbocycles. The van der Waals surface area contributed by atoms with Crippen LogP contribution >= 0.6 is 30.8 Å². The van der Waals surface area contributed by atoms with Crippen molar-refractivity contribution in [2.45, 2.75) is 6.92 Å². The minimum atomic E-state index is -3.65. The quantitative estimate of drug-likeness (QED) is 0.863. The Morgan fingerprint density at radius 2 is 1.75 bits per heavy atom. The number of hydrogen-bond acceptors (Lipinski definition) is 6. The van der Waals surface area contributed by atoms with Crippen molar-refractivity contribution in [3.8, 4) is 10.6 Å². The maximum absolute atomic E-state index is 10.1. The molecule has 9 heteroatoms. The van der Waals surface area contributed by atoms with E-state index in [4.69, 9.17) is 16.5 Å². The predicted octanol–water partition coefficient (Wildman–Crippen LogP) is 3.55. The number of aromatic nitrogens is 2. The van der Waals surface area contributed by atoms with Crippen LogP contribution in [0.2, 0.25) is 5.02 Å². The van der Waals surface area contributed by atoms with Crippen molar-refractivity contribution in [3.63, 3.8) is 0 Å². The molecule has 0 aliphatic heterocycles. The normalized spacial score (nSPS) is 10.8. The first-order chi connectivity index (χ1) is 9.38. The van der Waals surface area contributed by atoms with Crippen molar-refractivity contribution in [2.75, 3.05) is 14.2 Å². The number of rotatable bonds is 3. The van der Waals surface area contributed by atoms with Gasteiger partial charge in [-0.1, -0.05) is 35.1 Å². The fraction of sp³-hybridized carbons (Fsp3) is 0.273. The van der Waals surface area contributed by atoms with Gasteiger partial charge in [0.25, 0.3) is 0 Å². The molecule has 0 aliphatic rings. The molecule has 1 heterocycles. The number of halogens is 1. The highest BCUT2D eigenvalue weighted by Gasteiger charge is 2.13. The summed E-state index contributed by atoms with van der Waals surface area (Å²) < 4.78 is 18.0. The zero-order valence-corrected chi connectivity index (χ0v) is 13.6. The number of nitrogens with zero attached hydrogens (tertiary/aromatic N) is 2. The average molecular weight is 337 g/mol. The Hall–Kier alpha value is -0.820. The first kappa shape index (κ1) is 17.2. The van der Waals surface area contributed by atoms with Gasteiger partial charge in [-0.15, -0.1) is 10.2 Å². The highest BCUT2D eigenvalue weighted by molar-refractivity contribution is 7.47. The molecule has 0 amide bonds. The summed E-state index contributed by atoms with van der Waals surface area (Å²) in [5.74, 6) is 0. The molecule has 0 fully saturated rings. The molecule has 2 aromatic rings. The summed E-state index contributed by atoms with van der Waals surface area (Å²) in [4.78, 5) is 8.24. The van der Waals surface area contributed by atoms with Crippen LogP contribution in [0.4, 0.5) is 0 Å². The third-order valence-electron chi connectivity index (χ3n) is 2.08. The lowest BCUT2D eigenvalue weighted by Gasteiger charge is -2.01. The standard InChI is InChI=1S/C9H7ClN2S.C2H7O4P/c1-6-11-12-9(13-6)7-2-4-8(10)5-3-7;1-5-7(3,4)6-2/h2-5H,1H3;1-2H3,(H,3,4). The fourth-order valence-corrected chi connectivity index (χ4v) is 2.05. The second-order valence-electron chi connectivity index (χ2n) is 3.47. The van der Waals surface area contributed by atoms with E-state index < -0.39 is 7.82 Å². The van der Waals surface area contributed by atoms with E-state index in [-0.39, 0.29) is 0 Å². The minimum Gasteiger partial charge on any atom is -0.303 e. The number of aryl methyl sites for hydroxylation is 1. The summed E-state index contributed by atoms with van der Waals surface area (Å²) in [5, 5.41) is 10.6. The van der Waals surface area contributed by atoms with E-state index >= 15 is 0 Å². The van der Waals surface area contributed by atoms with E-state index in [1.807, 2.05) is 31.2 Å². The highest BCUT2D eigenvalue weighted by atomic mass is 35.5. The van der Waals surface area contributed by atoms with Crippen molar-refractivity contribution in [1.82, 2.24) is 10.2 Å². The van der Waals surface area contributed by atoms with Crippen LogP contribution in [-0.4, -0.2) is 29.3 Å². The Morgan fingerprint density at radius 3 is 2.10 bits per heavy atom. The molecular formula is C11H14ClN2O4PS. The van der Waals surface area contributed by atoms with Crippen LogP contribution in [0.1, 0.15) is 5.01 Å². The molecule has 0 bridgehead atoms. The summed E-state index contributed by atoms with van der Waals surface area (Å²) >= 11 is 7.35. The van der Waals surface area contributed by atoms with Gasteiger partial charge < -0.3 is 4.89 Å². The van der Waals surface area contributed by atoms with Gasteiger partial charge >= 0.3 is 7.82 Å². The fourth-order valence-electron chi connectivity index (χ4n) is 1.08. The van der Waals surface area contributed by atoms with Crippen LogP contribution in [0.25, 0.3) is 10.6 Å². The molecule has 0 atom stereocenters. The number of benzene rings is 1. The molecule has 0 spiro atoms. The number of phosphoric ester groups is 1. The Labute approximate surface area is 126 Å². The van der Waals surface area contributed by atoms with E-state index in [1.165, 1.54) is 0 Å². The van der Waals surface area contributed by atoms with Gasteiger partial charge in [0.05, 0.1) is 0 Å². The molecule has 1 N–H and O–H groups in total. The van der Waals surface area contributed by atoms with Gasteiger partial charge in [-0.05, 0) is 19.1 Å². The van der Waals surface area contributed by atoms with Crippen molar-refractivity contribution in [1.29, 1.82) is 0 Å². The van der Waals surface area contributed by atoms with Crippen molar-refractivity contribution < 1.29 is 18.5 Å². The summed E-state index contributed by atoms with van der Waals surface area (Å²) in [6, 6.07) is 7.60. The SMILES string of the molecule is COP(=O)(O)OC.Cc1nnc(-c2ccc(Cl)cc2)s1. The lowest BCUT2D eigenvalue weighted by molar-refractivity contribution is 0.204. The maximum atomic E-state index is 10.1. The summed E-state index contributed by atoms with van der Waals surface area (Å²) in [6.45, 7) is 1.94. The minimum absolute atomic E-state index is 0.741. The van der Waals surface area contributed by atoms with E-state index in [2.05, 4.69) is 19.2 Å². The molecule has 2 rings (SSSR count). The molecular weight excluding hydrogens is 323 g/mol. The molecule has 0 saturated heterocycles. The van der Waals surface area contributed by atoms with Gasteiger partial charge in [0, 0.05) is 24.8 Å². The van der Waals surface area contributed by atoms with Gasteiger partial charge in [-0.25, -0.2) is 4.57 Å². The highest BCUT2D eigenvalue weighted by Crippen LogP contribution is 2.40. The van der Waals surface area contributed by atoms with Crippen LogP contribution < -0.4 is 0 Å². The van der Waals surface area contributed by atoms with Gasteiger partial charge in [-0.2, -0.15) is 0 Å². The topological polar surface area (TPSA) is 81.5 Å². The Kier molecular flexibility index (Phi) is 6.75. The van der Waals surface area contributed by atoms with Gasteiger partial charge in [0.15, 0.2) is 0 Å². The summed E-state index contributed by atoms with van der Waals surface area (Å²) in [7, 11) is -1.45. The van der Waals surface area contributed by atoms with E-state index in [9.17, 15) is 4.57 Å². The Balaban J connectivity index is 0.000000246. The summed E-state index contributed by atoms with van der Waals surface area (Å²) in [5.41, 5.74) is 1.06. The zero-order chi connectivity index (χ0) is 15.2. The van der Waals surface area contributed by atoms with E-state index in [0.29, 0.717) is 0 Å². The molecule has 0 saturated carbocycles. The van der Waals surface area contributed by atoms with E-state index in [1.54, 1.807) is 11.3 Å². The van der Waals surface area contributed by atoms with Crippen LogP contribution in [0, 0.1) is 6.92 Å². The van der Waals surface area contributed by atoms with Crippen molar-refractivity contribution in [3.05, 3.63) is 34.3 Å². The molecule has 0 unspecified atom stereocenters. The number of phosphoric acid groups is 1. The second-order valence-corrected chi connectivity index (χ2v) is 6.75. The van der Waals surface area contributed by atoms with Crippen molar-refractivity contribution >= 4 is 30.8 Å². The van der Waals surface area contributed by atoms with Gasteiger partial charge in [0.1, 0.15) is 10.0 Å². The predicted molar refractivity (Wildman–Crippen MR) is 78.9 cm³/mol. The lowest BCUT2D eigenvalue weighted by Crippen LogP contribution is -1.83. The number of hydrogen-bond donors (Lipinski definition) is 1. The maximum Gasteiger partial charge on any atom is 0.471 e. The Morgan fingerprint density at radius 1 is 1.20 bits per heavy atom. The lowest BCUT2D eigenvalue weighted by atomic mass is 10.2. The molecule has 0 radical (unpaired) electrons. The molecule has 110 valence electrons. The first-order valence-corrected chi connectivity index (χ1v) is 8.07. The summed E-state index contributed by atoms with van der Waals surface area (Å²) in [6.07, 6.45) is 0. The molecule has 1 aromatic heterocycles. The third-order valence-corrected chi connectivity index (χ3v) is 4.14. The van der Waals surface area contributed by atoms with Gasteiger partial charge in [-0.3, -0.25) is 9.05 Å². The van der Waals surface area contributed by atoms with Crippen molar-refractivity contribution in [2.24, 2.45) is 0 Å². The van der Waals surface area contributed by atoms with E-state index in [0.717, 1.165) is 34.8 Å². The molecule has 20 heavy (non-hydrogen) atoms. The smallest absolute Gasteiger partial charge is 0.303 e. The second kappa shape index (κ2) is 7.83. The Bertz CT molecular complexity index is 582. The average Bonchev–Trinajstić information content (AvgIpc) is 2.87. The van der Waals surface area contributed by atoms with Crippen LogP contribution in [0.3, 0.4) is 0 Å². The van der Waals surface area contributed by atoms with Crippen LogP contribution in [0.15, 0.2) is 24.3 Å². The van der Waals surface area contributed by atoms with Gasteiger partial charge in [0.2, 0.25) is 0 Å². The molecule has 6 nitrogen and oxygen atoms in total. The zero-order valence-electron chi connectivity index (χ0n) is 11.1.